The molecule has 70 valence electrons. The molecule has 0 radical (unpaired) electrons. The summed E-state index contributed by atoms with van der Waals surface area (Å²) in [4.78, 5) is 10.2. The minimum absolute atomic E-state index is 0.0978. The molecule has 4 heteroatoms. The normalized spacial score (nSPS) is 12.5. The van der Waals surface area contributed by atoms with E-state index in [1.807, 2.05) is 6.92 Å². The van der Waals surface area contributed by atoms with Crippen molar-refractivity contribution < 1.29 is 4.92 Å². The van der Waals surface area contributed by atoms with E-state index in [-0.39, 0.29) is 11.7 Å². The third-order valence-corrected chi connectivity index (χ3v) is 1.87. The zero-order chi connectivity index (χ0) is 10.0. The van der Waals surface area contributed by atoms with Gasteiger partial charge in [-0.15, -0.1) is 0 Å². The lowest BCUT2D eigenvalue weighted by Gasteiger charge is -2.06. The van der Waals surface area contributed by atoms with E-state index in [9.17, 15) is 10.1 Å². The monoisotopic (exact) mass is 180 g/mol. The van der Waals surface area contributed by atoms with E-state index in [0.29, 0.717) is 5.56 Å². The Morgan fingerprint density at radius 3 is 2.62 bits per heavy atom. The Labute approximate surface area is 76.5 Å². The van der Waals surface area contributed by atoms with Gasteiger partial charge in [0.05, 0.1) is 4.92 Å². The number of nitrogens with zero attached hydrogens (tertiary/aromatic N) is 1. The fourth-order valence-corrected chi connectivity index (χ4v) is 1.20. The van der Waals surface area contributed by atoms with Crippen LogP contribution in [0.4, 0.5) is 5.69 Å². The van der Waals surface area contributed by atoms with Crippen LogP contribution < -0.4 is 5.73 Å². The van der Waals surface area contributed by atoms with Crippen LogP contribution in [-0.4, -0.2) is 4.92 Å². The van der Waals surface area contributed by atoms with Crippen molar-refractivity contribution in [1.29, 1.82) is 0 Å². The summed E-state index contributed by atoms with van der Waals surface area (Å²) in [5, 5.41) is 10.6. The maximum absolute atomic E-state index is 10.6. The number of hydrogen-bond acceptors (Lipinski definition) is 3. The van der Waals surface area contributed by atoms with Gasteiger partial charge in [-0.05, 0) is 19.9 Å². The Kier molecular flexibility index (Phi) is 2.63. The molecule has 1 unspecified atom stereocenters. The average molecular weight is 180 g/mol. The summed E-state index contributed by atoms with van der Waals surface area (Å²) < 4.78 is 0. The minimum atomic E-state index is -0.405. The zero-order valence-corrected chi connectivity index (χ0v) is 7.65. The van der Waals surface area contributed by atoms with Crippen molar-refractivity contribution in [2.24, 2.45) is 5.73 Å². The Morgan fingerprint density at radius 1 is 1.54 bits per heavy atom. The second-order valence-corrected chi connectivity index (χ2v) is 3.11. The highest BCUT2D eigenvalue weighted by atomic mass is 16.6. The summed E-state index contributed by atoms with van der Waals surface area (Å²) in [7, 11) is 0. The van der Waals surface area contributed by atoms with Crippen molar-refractivity contribution in [2.75, 3.05) is 0 Å². The lowest BCUT2D eigenvalue weighted by molar-refractivity contribution is -0.385. The number of nitro benzene ring substituents is 1. The van der Waals surface area contributed by atoms with E-state index >= 15 is 0 Å². The maximum atomic E-state index is 10.6. The molecule has 0 bridgehead atoms. The molecule has 0 saturated heterocycles. The van der Waals surface area contributed by atoms with Crippen LogP contribution in [0, 0.1) is 17.0 Å². The second kappa shape index (κ2) is 3.53. The molecule has 0 saturated carbocycles. The van der Waals surface area contributed by atoms with Crippen LogP contribution in [0.2, 0.25) is 0 Å². The number of hydrogen-bond donors (Lipinski definition) is 1. The van der Waals surface area contributed by atoms with Crippen molar-refractivity contribution in [3.63, 3.8) is 0 Å². The topological polar surface area (TPSA) is 69.2 Å². The molecule has 1 rings (SSSR count). The van der Waals surface area contributed by atoms with Gasteiger partial charge >= 0.3 is 0 Å². The minimum Gasteiger partial charge on any atom is -0.324 e. The summed E-state index contributed by atoms with van der Waals surface area (Å²) in [6.45, 7) is 3.62. The van der Waals surface area contributed by atoms with Gasteiger partial charge in [0, 0.05) is 17.7 Å². The molecule has 0 aliphatic carbocycles. The fraction of sp³-hybridized carbons (Fsp3) is 0.333. The largest absolute Gasteiger partial charge is 0.324 e. The highest BCUT2D eigenvalue weighted by Gasteiger charge is 2.15. The van der Waals surface area contributed by atoms with Gasteiger partial charge in [0.15, 0.2) is 0 Å². The number of benzene rings is 1. The quantitative estimate of drug-likeness (QED) is 0.558. The number of nitrogens with two attached hydrogens (primary N) is 1. The molecule has 0 amide bonds. The number of rotatable bonds is 2. The van der Waals surface area contributed by atoms with E-state index in [4.69, 9.17) is 5.73 Å². The van der Waals surface area contributed by atoms with Crippen molar-refractivity contribution in [1.82, 2.24) is 0 Å². The first-order chi connectivity index (χ1) is 6.02. The molecule has 1 atom stereocenters. The lowest BCUT2D eigenvalue weighted by atomic mass is 10.0. The van der Waals surface area contributed by atoms with Crippen LogP contribution in [0.3, 0.4) is 0 Å². The number of aryl methyl sites for hydroxylation is 1. The molecule has 1 aromatic carbocycles. The van der Waals surface area contributed by atoms with Crippen molar-refractivity contribution in [2.45, 2.75) is 19.9 Å². The first-order valence-electron chi connectivity index (χ1n) is 4.03. The van der Waals surface area contributed by atoms with Crippen LogP contribution in [0.5, 0.6) is 0 Å². The highest BCUT2D eigenvalue weighted by molar-refractivity contribution is 5.44. The van der Waals surface area contributed by atoms with Gasteiger partial charge in [-0.25, -0.2) is 0 Å². The molecule has 0 aliphatic heterocycles. The molecule has 1 aromatic rings. The van der Waals surface area contributed by atoms with Crippen LogP contribution >= 0.6 is 0 Å². The van der Waals surface area contributed by atoms with Gasteiger partial charge < -0.3 is 5.73 Å². The summed E-state index contributed by atoms with van der Waals surface area (Å²) in [6, 6.07) is 4.65. The van der Waals surface area contributed by atoms with E-state index in [2.05, 4.69) is 0 Å². The van der Waals surface area contributed by atoms with Crippen LogP contribution in [0.1, 0.15) is 24.1 Å². The second-order valence-electron chi connectivity index (χ2n) is 3.11. The summed E-state index contributed by atoms with van der Waals surface area (Å²) in [5.74, 6) is 0. The van der Waals surface area contributed by atoms with Gasteiger partial charge in [-0.1, -0.05) is 11.6 Å². The SMILES string of the molecule is Cc1ccc([N+](=O)[O-])c(C(C)N)c1. The third kappa shape index (κ3) is 2.03. The molecule has 0 aromatic heterocycles. The average Bonchev–Trinajstić information content (AvgIpc) is 2.03. The molecule has 0 spiro atoms. The summed E-state index contributed by atoms with van der Waals surface area (Å²) >= 11 is 0. The molecule has 13 heavy (non-hydrogen) atoms. The van der Waals surface area contributed by atoms with Crippen LogP contribution in [0.25, 0.3) is 0 Å². The molecule has 0 fully saturated rings. The summed E-state index contributed by atoms with van der Waals surface area (Å²) in [6.07, 6.45) is 0. The predicted molar refractivity (Wildman–Crippen MR) is 50.4 cm³/mol. The van der Waals surface area contributed by atoms with Gasteiger partial charge in [0.1, 0.15) is 0 Å². The van der Waals surface area contributed by atoms with Crippen molar-refractivity contribution >= 4 is 5.69 Å². The van der Waals surface area contributed by atoms with Crippen LogP contribution in [-0.2, 0) is 0 Å². The Bertz CT molecular complexity index is 334. The van der Waals surface area contributed by atoms with E-state index in [0.717, 1.165) is 5.56 Å². The Balaban J connectivity index is 3.26. The lowest BCUT2D eigenvalue weighted by Crippen LogP contribution is -2.08. The smallest absolute Gasteiger partial charge is 0.274 e. The van der Waals surface area contributed by atoms with Crippen molar-refractivity contribution in [3.8, 4) is 0 Å². The molecular formula is C9H12N2O2. The molecular weight excluding hydrogens is 168 g/mol. The van der Waals surface area contributed by atoms with Crippen molar-refractivity contribution in [3.05, 3.63) is 39.4 Å². The highest BCUT2D eigenvalue weighted by Crippen LogP contribution is 2.24. The Morgan fingerprint density at radius 2 is 2.15 bits per heavy atom. The first kappa shape index (κ1) is 9.67. The third-order valence-electron chi connectivity index (χ3n) is 1.87. The zero-order valence-electron chi connectivity index (χ0n) is 7.65. The van der Waals surface area contributed by atoms with Gasteiger partial charge in [0.25, 0.3) is 5.69 Å². The summed E-state index contributed by atoms with van der Waals surface area (Å²) in [5.41, 5.74) is 7.29. The van der Waals surface area contributed by atoms with Gasteiger partial charge in [-0.2, -0.15) is 0 Å². The van der Waals surface area contributed by atoms with E-state index in [1.54, 1.807) is 19.1 Å². The van der Waals surface area contributed by atoms with Gasteiger partial charge in [-0.3, -0.25) is 10.1 Å². The molecule has 2 N–H and O–H groups in total. The Hall–Kier alpha value is -1.42. The fourth-order valence-electron chi connectivity index (χ4n) is 1.20. The van der Waals surface area contributed by atoms with Crippen LogP contribution in [0.15, 0.2) is 18.2 Å². The maximum Gasteiger partial charge on any atom is 0.274 e. The van der Waals surface area contributed by atoms with E-state index < -0.39 is 4.92 Å². The van der Waals surface area contributed by atoms with E-state index in [1.165, 1.54) is 6.07 Å². The molecule has 0 heterocycles. The molecule has 4 nitrogen and oxygen atoms in total. The first-order valence-corrected chi connectivity index (χ1v) is 4.03. The standard InChI is InChI=1S/C9H12N2O2/c1-6-3-4-9(11(12)13)8(5-6)7(2)10/h3-5,7H,10H2,1-2H3. The number of nitro groups is 1. The van der Waals surface area contributed by atoms with Gasteiger partial charge in [0.2, 0.25) is 0 Å². The predicted octanol–water partition coefficient (Wildman–Crippen LogP) is 1.92. The molecule has 0 aliphatic rings.